The lowest BCUT2D eigenvalue weighted by Gasteiger charge is -2.03. The Hall–Kier alpha value is -2.00. The second kappa shape index (κ2) is 6.64. The van der Waals surface area contributed by atoms with Crippen LogP contribution >= 0.6 is 0 Å². The Morgan fingerprint density at radius 1 is 1.00 bits per heavy atom. The molecule has 0 atom stereocenters. The molecule has 1 heterocycles. The van der Waals surface area contributed by atoms with Crippen molar-refractivity contribution in [3.8, 4) is 0 Å². The topological polar surface area (TPSA) is 20.9 Å². The normalized spacial score (nSPS) is 10.1. The lowest BCUT2D eigenvalue weighted by Crippen LogP contribution is -3.00. The number of ketones is 1. The van der Waals surface area contributed by atoms with Crippen molar-refractivity contribution in [3.05, 3.63) is 78.0 Å². The van der Waals surface area contributed by atoms with Crippen molar-refractivity contribution in [2.45, 2.75) is 13.5 Å². The van der Waals surface area contributed by atoms with Gasteiger partial charge in [0.15, 0.2) is 6.20 Å². The molecule has 0 bridgehead atoms. The van der Waals surface area contributed by atoms with Gasteiger partial charge in [0.1, 0.15) is 0 Å². The maximum atomic E-state index is 12.3. The van der Waals surface area contributed by atoms with Gasteiger partial charge in [0, 0.05) is 22.6 Å². The molecule has 0 aliphatic heterocycles. The lowest BCUT2D eigenvalue weighted by molar-refractivity contribution is -0.657. The number of aryl methyl sites for hydroxylation is 1. The molecule has 0 N–H and O–H groups in total. The number of hydrogen-bond donors (Lipinski definition) is 0. The Labute approximate surface area is 134 Å². The fourth-order valence-electron chi connectivity index (χ4n) is 2.47. The average molecular weight is 342 g/mol. The largest absolute Gasteiger partial charge is 1.00 e. The van der Waals surface area contributed by atoms with Crippen LogP contribution in [0, 0.1) is 6.92 Å². The smallest absolute Gasteiger partial charge is 0.227 e. The molecule has 0 saturated carbocycles. The van der Waals surface area contributed by atoms with E-state index >= 15 is 0 Å². The number of benzene rings is 2. The molecule has 0 spiro atoms. The van der Waals surface area contributed by atoms with Gasteiger partial charge in [-0.1, -0.05) is 42.5 Å². The molecule has 3 heteroatoms. The summed E-state index contributed by atoms with van der Waals surface area (Å²) in [5, 5.41) is 1.16. The number of fused-ring (bicyclic) bond motifs is 1. The third kappa shape index (κ3) is 3.37. The zero-order valence-corrected chi connectivity index (χ0v) is 13.4. The number of pyridine rings is 1. The van der Waals surface area contributed by atoms with Crippen LogP contribution in [0.4, 0.5) is 0 Å². The van der Waals surface area contributed by atoms with E-state index in [1.165, 1.54) is 0 Å². The second-order valence-electron chi connectivity index (χ2n) is 4.99. The molecule has 0 fully saturated rings. The van der Waals surface area contributed by atoms with Crippen molar-refractivity contribution in [2.75, 3.05) is 0 Å². The van der Waals surface area contributed by atoms with Gasteiger partial charge in [-0.25, -0.2) is 0 Å². The zero-order valence-electron chi connectivity index (χ0n) is 11.8. The predicted molar refractivity (Wildman–Crippen MR) is 79.7 cm³/mol. The van der Waals surface area contributed by atoms with Crippen LogP contribution in [-0.4, -0.2) is 5.78 Å². The maximum Gasteiger partial charge on any atom is 0.227 e. The fraction of sp³-hybridized carbons (Fsp3) is 0.111. The number of carbonyl (C=O) groups excluding carboxylic acids is 1. The Bertz CT molecular complexity index is 769. The van der Waals surface area contributed by atoms with E-state index in [-0.39, 0.29) is 22.8 Å². The first-order valence-corrected chi connectivity index (χ1v) is 6.71. The van der Waals surface area contributed by atoms with E-state index in [2.05, 4.69) is 19.1 Å². The number of para-hydroxylation sites is 1. The molecule has 3 rings (SSSR count). The monoisotopic (exact) mass is 341 g/mol. The Morgan fingerprint density at radius 3 is 2.43 bits per heavy atom. The van der Waals surface area contributed by atoms with E-state index < -0.39 is 0 Å². The van der Waals surface area contributed by atoms with Gasteiger partial charge in [-0.05, 0) is 19.1 Å². The summed E-state index contributed by atoms with van der Waals surface area (Å²) >= 11 is 0. The fourth-order valence-corrected chi connectivity index (χ4v) is 2.47. The van der Waals surface area contributed by atoms with E-state index in [0.717, 1.165) is 22.0 Å². The van der Waals surface area contributed by atoms with Gasteiger partial charge in [-0.2, -0.15) is 4.57 Å². The molecule has 0 unspecified atom stereocenters. The zero-order chi connectivity index (χ0) is 13.9. The SMILES string of the molecule is Cc1cc2ccccc2[n+](CC(=O)c2ccccc2)c1.[Br-]. The lowest BCUT2D eigenvalue weighted by atomic mass is 10.1. The van der Waals surface area contributed by atoms with E-state index in [1.54, 1.807) is 0 Å². The summed E-state index contributed by atoms with van der Waals surface area (Å²) in [4.78, 5) is 12.3. The van der Waals surface area contributed by atoms with Crippen LogP contribution in [0.1, 0.15) is 15.9 Å². The van der Waals surface area contributed by atoms with Gasteiger partial charge in [-0.15, -0.1) is 0 Å². The molecule has 0 aliphatic carbocycles. The Balaban J connectivity index is 0.00000161. The molecule has 0 saturated heterocycles. The molecule has 2 aromatic carbocycles. The van der Waals surface area contributed by atoms with E-state index in [1.807, 2.05) is 59.3 Å². The summed E-state index contributed by atoms with van der Waals surface area (Å²) < 4.78 is 2.03. The first kappa shape index (κ1) is 15.4. The van der Waals surface area contributed by atoms with Gasteiger partial charge < -0.3 is 17.0 Å². The highest BCUT2D eigenvalue weighted by molar-refractivity contribution is 5.95. The summed E-state index contributed by atoms with van der Waals surface area (Å²) in [5.74, 6) is 0.131. The van der Waals surface area contributed by atoms with Gasteiger partial charge >= 0.3 is 0 Å². The number of aromatic nitrogens is 1. The molecule has 3 aromatic rings. The molecule has 106 valence electrons. The number of carbonyl (C=O) groups is 1. The Kier molecular flexibility index (Phi) is 4.86. The quantitative estimate of drug-likeness (QED) is 0.496. The highest BCUT2D eigenvalue weighted by atomic mass is 79.9. The first-order chi connectivity index (χ1) is 9.74. The molecule has 1 aromatic heterocycles. The maximum absolute atomic E-state index is 12.3. The van der Waals surface area contributed by atoms with Crippen LogP contribution in [-0.2, 0) is 6.54 Å². The minimum absolute atomic E-state index is 0. The number of hydrogen-bond acceptors (Lipinski definition) is 1. The van der Waals surface area contributed by atoms with Crippen LogP contribution < -0.4 is 21.5 Å². The van der Waals surface area contributed by atoms with E-state index in [9.17, 15) is 4.79 Å². The Morgan fingerprint density at radius 2 is 1.67 bits per heavy atom. The van der Waals surface area contributed by atoms with Crippen LogP contribution in [0.2, 0.25) is 0 Å². The molecular weight excluding hydrogens is 326 g/mol. The predicted octanol–water partition coefficient (Wildman–Crippen LogP) is 0.323. The van der Waals surface area contributed by atoms with Crippen molar-refractivity contribution < 1.29 is 26.3 Å². The van der Waals surface area contributed by atoms with E-state index in [4.69, 9.17) is 0 Å². The van der Waals surface area contributed by atoms with Gasteiger partial charge in [-0.3, -0.25) is 4.79 Å². The molecule has 0 amide bonds. The second-order valence-corrected chi connectivity index (χ2v) is 4.99. The highest BCUT2D eigenvalue weighted by Crippen LogP contribution is 2.11. The summed E-state index contributed by atoms with van der Waals surface area (Å²) in [6, 6.07) is 19.7. The van der Waals surface area contributed by atoms with Crippen molar-refractivity contribution in [2.24, 2.45) is 0 Å². The van der Waals surface area contributed by atoms with Crippen LogP contribution in [0.3, 0.4) is 0 Å². The minimum atomic E-state index is 0. The van der Waals surface area contributed by atoms with Crippen molar-refractivity contribution in [3.63, 3.8) is 0 Å². The minimum Gasteiger partial charge on any atom is -1.00 e. The highest BCUT2D eigenvalue weighted by Gasteiger charge is 2.15. The molecular formula is C18H16BrNO. The van der Waals surface area contributed by atoms with E-state index in [0.29, 0.717) is 6.54 Å². The van der Waals surface area contributed by atoms with Crippen molar-refractivity contribution >= 4 is 16.7 Å². The summed E-state index contributed by atoms with van der Waals surface area (Å²) in [6.45, 7) is 2.42. The summed E-state index contributed by atoms with van der Waals surface area (Å²) in [5.41, 5.74) is 3.00. The van der Waals surface area contributed by atoms with Crippen LogP contribution in [0.5, 0.6) is 0 Å². The molecule has 0 radical (unpaired) electrons. The number of nitrogens with zero attached hydrogens (tertiary/aromatic N) is 1. The molecule has 0 aliphatic rings. The number of rotatable bonds is 3. The number of halogens is 1. The third-order valence-corrected chi connectivity index (χ3v) is 3.40. The van der Waals surface area contributed by atoms with Crippen molar-refractivity contribution in [1.29, 1.82) is 0 Å². The molecule has 21 heavy (non-hydrogen) atoms. The summed E-state index contributed by atoms with van der Waals surface area (Å²) in [6.07, 6.45) is 2.03. The van der Waals surface area contributed by atoms with Gasteiger partial charge in [0.2, 0.25) is 17.8 Å². The first-order valence-electron chi connectivity index (χ1n) is 6.71. The molecule has 2 nitrogen and oxygen atoms in total. The van der Waals surface area contributed by atoms with Crippen LogP contribution in [0.25, 0.3) is 10.9 Å². The van der Waals surface area contributed by atoms with Gasteiger partial charge in [0.05, 0.1) is 0 Å². The van der Waals surface area contributed by atoms with Crippen LogP contribution in [0.15, 0.2) is 66.9 Å². The van der Waals surface area contributed by atoms with Gasteiger partial charge in [0.25, 0.3) is 0 Å². The average Bonchev–Trinajstić information content (AvgIpc) is 2.48. The summed E-state index contributed by atoms with van der Waals surface area (Å²) in [7, 11) is 0. The number of Topliss-reactive ketones (excluding diaryl/α,β-unsaturated/α-hetero) is 1. The third-order valence-electron chi connectivity index (χ3n) is 3.40. The van der Waals surface area contributed by atoms with Crippen molar-refractivity contribution in [1.82, 2.24) is 0 Å². The standard InChI is InChI=1S/C18H16NO.BrH/c1-14-11-16-9-5-6-10-17(16)19(12-14)13-18(20)15-7-3-2-4-8-15;/h2-12H,13H2,1H3;1H/q+1;/p-1.